The molecule has 0 radical (unpaired) electrons. The quantitative estimate of drug-likeness (QED) is 0.719. The Hall–Kier alpha value is -1.90. The molecule has 0 aliphatic rings. The summed E-state index contributed by atoms with van der Waals surface area (Å²) in [6, 6.07) is 11.2. The molecule has 0 heterocycles. The molecule has 0 saturated heterocycles. The van der Waals surface area contributed by atoms with Crippen molar-refractivity contribution in [3.8, 4) is 0 Å². The molecule has 8 heteroatoms. The van der Waals surface area contributed by atoms with Crippen molar-refractivity contribution in [1.29, 1.82) is 0 Å². The van der Waals surface area contributed by atoms with Crippen LogP contribution < -0.4 is 10.0 Å². The van der Waals surface area contributed by atoms with Gasteiger partial charge in [-0.25, -0.2) is 12.8 Å². The van der Waals surface area contributed by atoms with E-state index in [0.717, 1.165) is 5.56 Å². The summed E-state index contributed by atoms with van der Waals surface area (Å²) in [6.45, 7) is 1.74. The molecular formula is C18H21FN2O3S2. The number of amides is 1. The van der Waals surface area contributed by atoms with Crippen LogP contribution in [-0.2, 0) is 14.8 Å². The van der Waals surface area contributed by atoms with Gasteiger partial charge in [-0.3, -0.25) is 4.79 Å². The highest BCUT2D eigenvalue weighted by atomic mass is 32.2. The van der Waals surface area contributed by atoms with E-state index >= 15 is 0 Å². The molecule has 2 aromatic rings. The number of anilines is 1. The fourth-order valence-electron chi connectivity index (χ4n) is 2.28. The van der Waals surface area contributed by atoms with E-state index in [0.29, 0.717) is 5.75 Å². The minimum atomic E-state index is -3.86. The molecule has 1 amide bonds. The predicted molar refractivity (Wildman–Crippen MR) is 103 cm³/mol. The summed E-state index contributed by atoms with van der Waals surface area (Å²) in [5.41, 5.74) is 0.748. The molecule has 5 nitrogen and oxygen atoms in total. The normalized spacial score (nSPS) is 12.6. The van der Waals surface area contributed by atoms with Crippen LogP contribution in [0.3, 0.4) is 0 Å². The van der Waals surface area contributed by atoms with Gasteiger partial charge in [-0.2, -0.15) is 16.5 Å². The highest BCUT2D eigenvalue weighted by molar-refractivity contribution is 7.98. The lowest BCUT2D eigenvalue weighted by Crippen LogP contribution is -2.44. The van der Waals surface area contributed by atoms with Crippen LogP contribution in [-0.4, -0.2) is 32.4 Å². The number of carbonyl (C=O) groups excluding carboxylic acids is 1. The average molecular weight is 397 g/mol. The lowest BCUT2D eigenvalue weighted by molar-refractivity contribution is -0.117. The maximum Gasteiger partial charge on any atom is 0.242 e. The van der Waals surface area contributed by atoms with Crippen molar-refractivity contribution in [2.45, 2.75) is 24.3 Å². The fraction of sp³-hybridized carbons (Fsp3) is 0.278. The third-order valence-electron chi connectivity index (χ3n) is 3.66. The molecule has 1 unspecified atom stereocenters. The molecule has 2 aromatic carbocycles. The van der Waals surface area contributed by atoms with Crippen LogP contribution in [0.1, 0.15) is 12.0 Å². The van der Waals surface area contributed by atoms with Crippen molar-refractivity contribution >= 4 is 33.4 Å². The van der Waals surface area contributed by atoms with Crippen molar-refractivity contribution in [3.05, 3.63) is 59.9 Å². The Balaban J connectivity index is 2.19. The second-order valence-electron chi connectivity index (χ2n) is 5.74. The number of hydrogen-bond donors (Lipinski definition) is 2. The highest BCUT2D eigenvalue weighted by Gasteiger charge is 2.26. The van der Waals surface area contributed by atoms with E-state index in [9.17, 15) is 17.6 Å². The Kier molecular flexibility index (Phi) is 7.19. The average Bonchev–Trinajstić information content (AvgIpc) is 2.61. The Morgan fingerprint density at radius 1 is 1.19 bits per heavy atom. The summed E-state index contributed by atoms with van der Waals surface area (Å²) in [5, 5.41) is 2.47. The minimum Gasteiger partial charge on any atom is -0.322 e. The SMILES string of the molecule is CSCCC(NS(=O)(=O)c1ccccc1)C(=O)Nc1ccc(C)cc1F. The van der Waals surface area contributed by atoms with Gasteiger partial charge in [0.15, 0.2) is 0 Å². The first-order chi connectivity index (χ1) is 12.3. The monoisotopic (exact) mass is 396 g/mol. The first-order valence-corrected chi connectivity index (χ1v) is 10.8. The van der Waals surface area contributed by atoms with Crippen LogP contribution in [0.2, 0.25) is 0 Å². The lowest BCUT2D eigenvalue weighted by Gasteiger charge is -2.18. The first-order valence-electron chi connectivity index (χ1n) is 7.97. The van der Waals surface area contributed by atoms with E-state index in [1.807, 2.05) is 6.26 Å². The van der Waals surface area contributed by atoms with Gasteiger partial charge in [-0.1, -0.05) is 24.3 Å². The molecule has 26 heavy (non-hydrogen) atoms. The molecule has 2 N–H and O–H groups in total. The van der Waals surface area contributed by atoms with Crippen LogP contribution in [0.5, 0.6) is 0 Å². The van der Waals surface area contributed by atoms with Crippen LogP contribution in [0.25, 0.3) is 0 Å². The number of halogens is 1. The maximum absolute atomic E-state index is 14.0. The van der Waals surface area contributed by atoms with E-state index in [2.05, 4.69) is 10.0 Å². The second-order valence-corrected chi connectivity index (χ2v) is 8.44. The van der Waals surface area contributed by atoms with Crippen molar-refractivity contribution in [1.82, 2.24) is 4.72 Å². The molecule has 0 saturated carbocycles. The smallest absolute Gasteiger partial charge is 0.242 e. The van der Waals surface area contributed by atoms with E-state index in [-0.39, 0.29) is 17.0 Å². The van der Waals surface area contributed by atoms with Gasteiger partial charge in [0, 0.05) is 0 Å². The Morgan fingerprint density at radius 2 is 1.88 bits per heavy atom. The summed E-state index contributed by atoms with van der Waals surface area (Å²) in [5.74, 6) is -0.583. The van der Waals surface area contributed by atoms with E-state index in [1.54, 1.807) is 31.2 Å². The summed E-state index contributed by atoms with van der Waals surface area (Å²) in [7, 11) is -3.86. The van der Waals surface area contributed by atoms with Crippen molar-refractivity contribution in [2.75, 3.05) is 17.3 Å². The predicted octanol–water partition coefficient (Wildman–Crippen LogP) is 3.17. The van der Waals surface area contributed by atoms with Gasteiger partial charge in [0.25, 0.3) is 0 Å². The van der Waals surface area contributed by atoms with Crippen LogP contribution >= 0.6 is 11.8 Å². The van der Waals surface area contributed by atoms with Crippen molar-refractivity contribution in [2.24, 2.45) is 0 Å². The van der Waals surface area contributed by atoms with Gasteiger partial charge in [0.1, 0.15) is 11.9 Å². The molecule has 0 aliphatic carbocycles. The number of benzene rings is 2. The maximum atomic E-state index is 14.0. The minimum absolute atomic E-state index is 0.0219. The van der Waals surface area contributed by atoms with Gasteiger partial charge >= 0.3 is 0 Å². The largest absolute Gasteiger partial charge is 0.322 e. The molecule has 2 rings (SSSR count). The van der Waals surface area contributed by atoms with E-state index in [1.165, 1.54) is 36.0 Å². The van der Waals surface area contributed by atoms with Crippen LogP contribution in [0.15, 0.2) is 53.4 Å². The summed E-state index contributed by atoms with van der Waals surface area (Å²) < 4.78 is 41.4. The molecule has 1 atom stereocenters. The number of nitrogens with one attached hydrogen (secondary N) is 2. The van der Waals surface area contributed by atoms with Gasteiger partial charge in [0.05, 0.1) is 10.6 Å². The van der Waals surface area contributed by atoms with E-state index in [4.69, 9.17) is 0 Å². The van der Waals surface area contributed by atoms with Gasteiger partial charge in [-0.15, -0.1) is 0 Å². The van der Waals surface area contributed by atoms with Gasteiger partial charge in [0.2, 0.25) is 15.9 Å². The lowest BCUT2D eigenvalue weighted by atomic mass is 10.2. The van der Waals surface area contributed by atoms with Crippen LogP contribution in [0, 0.1) is 12.7 Å². The third-order valence-corrected chi connectivity index (χ3v) is 5.79. The molecule has 0 spiro atoms. The van der Waals surface area contributed by atoms with Crippen molar-refractivity contribution in [3.63, 3.8) is 0 Å². The Bertz CT molecular complexity index is 858. The topological polar surface area (TPSA) is 75.3 Å². The zero-order valence-electron chi connectivity index (χ0n) is 14.5. The summed E-state index contributed by atoms with van der Waals surface area (Å²) >= 11 is 1.49. The fourth-order valence-corrected chi connectivity index (χ4v) is 4.00. The third kappa shape index (κ3) is 5.55. The molecular weight excluding hydrogens is 375 g/mol. The Morgan fingerprint density at radius 3 is 2.50 bits per heavy atom. The molecule has 0 fully saturated rings. The Labute approximate surface area is 157 Å². The van der Waals surface area contributed by atoms with Gasteiger partial charge < -0.3 is 5.32 Å². The van der Waals surface area contributed by atoms with Crippen molar-refractivity contribution < 1.29 is 17.6 Å². The summed E-state index contributed by atoms with van der Waals surface area (Å²) in [4.78, 5) is 12.6. The molecule has 0 aromatic heterocycles. The first kappa shape index (κ1) is 20.4. The number of thioether (sulfide) groups is 1. The van der Waals surface area contributed by atoms with E-state index < -0.39 is 27.8 Å². The number of rotatable bonds is 8. The zero-order valence-corrected chi connectivity index (χ0v) is 16.2. The standard InChI is InChI=1S/C18H21FN2O3S2/c1-13-8-9-16(15(19)12-13)20-18(22)17(10-11-25-2)21-26(23,24)14-6-4-3-5-7-14/h3-9,12,17,21H,10-11H2,1-2H3,(H,20,22). The molecule has 0 bridgehead atoms. The zero-order chi connectivity index (χ0) is 19.2. The number of aryl methyl sites for hydroxylation is 1. The molecule has 0 aliphatic heterocycles. The molecule has 140 valence electrons. The van der Waals surface area contributed by atoms with Crippen LogP contribution in [0.4, 0.5) is 10.1 Å². The highest BCUT2D eigenvalue weighted by Crippen LogP contribution is 2.17. The second kappa shape index (κ2) is 9.16. The number of hydrogen-bond acceptors (Lipinski definition) is 4. The van der Waals surface area contributed by atoms with Gasteiger partial charge in [-0.05, 0) is 55.2 Å². The summed E-state index contributed by atoms with van der Waals surface area (Å²) in [6.07, 6.45) is 2.15. The number of carbonyl (C=O) groups is 1. The number of sulfonamides is 1.